The van der Waals surface area contributed by atoms with Crippen LogP contribution in [-0.4, -0.2) is 16.8 Å². The normalized spacial score (nSPS) is 16.1. The number of allylic oxidation sites excluding steroid dienone is 2. The molecule has 0 aliphatic heterocycles. The zero-order chi connectivity index (χ0) is 23.1. The van der Waals surface area contributed by atoms with E-state index in [2.05, 4.69) is 70.5 Å². The first-order valence-electron chi connectivity index (χ1n) is 10.4. The number of hydrogen-bond acceptors (Lipinski definition) is 3. The molecule has 1 heterocycles. The van der Waals surface area contributed by atoms with Crippen molar-refractivity contribution in [3.8, 4) is 0 Å². The number of pyridine rings is 1. The smallest absolute Gasteiger partial charge is 0.230 e. The van der Waals surface area contributed by atoms with E-state index >= 15 is 0 Å². The molecule has 5 nitrogen and oxygen atoms in total. The standard InChI is InChI=1S/C26H31N3O2/c1-15-11-20-21(26(5,6)10-9-25(20,3)4)13-18(15)16(2)22-8-7-17(14-29-22)12-19(23(27)30)24(28)31/h7-11,13-14,19H,2,12H2,1,3-6H3,(H2,27,30)(H2,28,31). The summed E-state index contributed by atoms with van der Waals surface area (Å²) in [6.45, 7) is 15.3. The van der Waals surface area contributed by atoms with Gasteiger partial charge in [-0.1, -0.05) is 58.6 Å². The van der Waals surface area contributed by atoms with Crippen LogP contribution >= 0.6 is 0 Å². The van der Waals surface area contributed by atoms with Crippen LogP contribution in [-0.2, 0) is 26.8 Å². The molecule has 0 saturated heterocycles. The predicted octanol–water partition coefficient (Wildman–Crippen LogP) is 3.71. The van der Waals surface area contributed by atoms with Crippen molar-refractivity contribution < 1.29 is 9.59 Å². The topological polar surface area (TPSA) is 99.1 Å². The van der Waals surface area contributed by atoms with Crippen LogP contribution < -0.4 is 11.5 Å². The Morgan fingerprint density at radius 2 is 1.55 bits per heavy atom. The highest BCUT2D eigenvalue weighted by Crippen LogP contribution is 2.43. The summed E-state index contributed by atoms with van der Waals surface area (Å²) in [4.78, 5) is 27.4. The number of amides is 2. The van der Waals surface area contributed by atoms with Gasteiger partial charge < -0.3 is 11.5 Å². The Hall–Kier alpha value is -3.21. The molecule has 0 atom stereocenters. The molecular weight excluding hydrogens is 386 g/mol. The van der Waals surface area contributed by atoms with Gasteiger partial charge in [-0.25, -0.2) is 0 Å². The van der Waals surface area contributed by atoms with Crippen molar-refractivity contribution in [2.75, 3.05) is 0 Å². The van der Waals surface area contributed by atoms with Crippen molar-refractivity contribution in [3.63, 3.8) is 0 Å². The van der Waals surface area contributed by atoms with E-state index in [4.69, 9.17) is 11.5 Å². The van der Waals surface area contributed by atoms with Gasteiger partial charge in [0.05, 0.1) is 5.69 Å². The van der Waals surface area contributed by atoms with Crippen molar-refractivity contribution in [2.45, 2.75) is 51.9 Å². The Morgan fingerprint density at radius 3 is 2.03 bits per heavy atom. The number of rotatable bonds is 6. The van der Waals surface area contributed by atoms with Crippen molar-refractivity contribution in [2.24, 2.45) is 17.4 Å². The molecule has 1 aliphatic rings. The maximum atomic E-state index is 11.4. The van der Waals surface area contributed by atoms with Crippen molar-refractivity contribution in [1.82, 2.24) is 4.98 Å². The van der Waals surface area contributed by atoms with E-state index in [1.165, 1.54) is 11.1 Å². The average molecular weight is 418 g/mol. The summed E-state index contributed by atoms with van der Waals surface area (Å²) in [5.74, 6) is -2.51. The van der Waals surface area contributed by atoms with E-state index < -0.39 is 17.7 Å². The molecule has 0 bridgehead atoms. The third-order valence-electron chi connectivity index (χ3n) is 6.26. The quantitative estimate of drug-likeness (QED) is 0.554. The molecule has 3 rings (SSSR count). The fourth-order valence-corrected chi connectivity index (χ4v) is 4.13. The monoisotopic (exact) mass is 417 g/mol. The van der Waals surface area contributed by atoms with Crippen LogP contribution in [0.2, 0.25) is 0 Å². The third kappa shape index (κ3) is 4.31. The molecule has 0 saturated carbocycles. The number of primary amides is 2. The van der Waals surface area contributed by atoms with Gasteiger partial charge in [0, 0.05) is 22.6 Å². The molecule has 0 spiro atoms. The van der Waals surface area contributed by atoms with E-state index in [0.717, 1.165) is 22.4 Å². The van der Waals surface area contributed by atoms with Gasteiger partial charge in [0.2, 0.25) is 11.8 Å². The third-order valence-corrected chi connectivity index (χ3v) is 6.26. The largest absolute Gasteiger partial charge is 0.369 e. The Morgan fingerprint density at radius 1 is 1.00 bits per heavy atom. The van der Waals surface area contributed by atoms with Crippen LogP contribution in [0.5, 0.6) is 0 Å². The molecular formula is C26H31N3O2. The minimum atomic E-state index is -1.04. The molecule has 2 amide bonds. The summed E-state index contributed by atoms with van der Waals surface area (Å²) >= 11 is 0. The summed E-state index contributed by atoms with van der Waals surface area (Å²) in [6, 6.07) is 8.18. The number of carbonyl (C=O) groups excluding carboxylic acids is 2. The van der Waals surface area contributed by atoms with Gasteiger partial charge in [-0.05, 0) is 53.3 Å². The molecule has 1 aromatic heterocycles. The van der Waals surface area contributed by atoms with Gasteiger partial charge in [-0.15, -0.1) is 0 Å². The second-order valence-corrected chi connectivity index (χ2v) is 9.58. The van der Waals surface area contributed by atoms with Gasteiger partial charge in [0.25, 0.3) is 0 Å². The number of fused-ring (bicyclic) bond motifs is 1. The first-order valence-corrected chi connectivity index (χ1v) is 10.4. The highest BCUT2D eigenvalue weighted by Gasteiger charge is 2.33. The second kappa shape index (κ2) is 7.80. The van der Waals surface area contributed by atoms with Crippen LogP contribution in [0.15, 0.2) is 49.2 Å². The lowest BCUT2D eigenvalue weighted by Gasteiger charge is -2.37. The number of carbonyl (C=O) groups is 2. The highest BCUT2D eigenvalue weighted by molar-refractivity contribution is 5.99. The number of nitrogens with two attached hydrogens (primary N) is 2. The molecule has 0 fully saturated rings. The van der Waals surface area contributed by atoms with Crippen molar-refractivity contribution >= 4 is 17.4 Å². The van der Waals surface area contributed by atoms with E-state index in [0.29, 0.717) is 5.56 Å². The number of nitrogens with zero attached hydrogens (tertiary/aromatic N) is 1. The van der Waals surface area contributed by atoms with Crippen molar-refractivity contribution in [1.29, 1.82) is 0 Å². The summed E-state index contributed by atoms with van der Waals surface area (Å²) < 4.78 is 0. The van der Waals surface area contributed by atoms with Crippen LogP contribution in [0.4, 0.5) is 0 Å². The first-order chi connectivity index (χ1) is 14.3. The zero-order valence-electron chi connectivity index (χ0n) is 19.0. The molecule has 1 aromatic carbocycles. The number of aromatic nitrogens is 1. The first kappa shape index (κ1) is 22.5. The Labute approximate surface area is 184 Å². The minimum Gasteiger partial charge on any atom is -0.369 e. The molecule has 0 unspecified atom stereocenters. The highest BCUT2D eigenvalue weighted by atomic mass is 16.2. The summed E-state index contributed by atoms with van der Waals surface area (Å²) in [7, 11) is 0. The van der Waals surface area contributed by atoms with Crippen LogP contribution in [0, 0.1) is 12.8 Å². The molecule has 31 heavy (non-hydrogen) atoms. The van der Waals surface area contributed by atoms with E-state index in [9.17, 15) is 9.59 Å². The molecule has 1 aliphatic carbocycles. The fourth-order valence-electron chi connectivity index (χ4n) is 4.13. The predicted molar refractivity (Wildman–Crippen MR) is 124 cm³/mol. The Balaban J connectivity index is 1.94. The van der Waals surface area contributed by atoms with Crippen LogP contribution in [0.1, 0.15) is 61.2 Å². The van der Waals surface area contributed by atoms with Gasteiger partial charge in [-0.3, -0.25) is 14.6 Å². The summed E-state index contributed by atoms with van der Waals surface area (Å²) in [6.07, 6.45) is 6.34. The SMILES string of the molecule is C=C(c1ccc(CC(C(N)=O)C(N)=O)cn1)c1cc2c(cc1C)C(C)(C)C=CC2(C)C. The lowest BCUT2D eigenvalue weighted by atomic mass is 9.67. The molecule has 0 radical (unpaired) electrons. The molecule has 2 aromatic rings. The van der Waals surface area contributed by atoms with Crippen molar-refractivity contribution in [3.05, 3.63) is 82.7 Å². The molecule has 5 heteroatoms. The van der Waals surface area contributed by atoms with Gasteiger partial charge in [-0.2, -0.15) is 0 Å². The molecule has 4 N–H and O–H groups in total. The van der Waals surface area contributed by atoms with E-state index in [1.54, 1.807) is 6.20 Å². The van der Waals surface area contributed by atoms with Crippen LogP contribution in [0.25, 0.3) is 5.57 Å². The Bertz CT molecular complexity index is 1080. The maximum absolute atomic E-state index is 11.4. The second-order valence-electron chi connectivity index (χ2n) is 9.58. The van der Waals surface area contributed by atoms with Crippen LogP contribution in [0.3, 0.4) is 0 Å². The number of aryl methyl sites for hydroxylation is 1. The average Bonchev–Trinajstić information content (AvgIpc) is 2.69. The Kier molecular flexibility index (Phi) is 5.66. The number of benzene rings is 1. The van der Waals surface area contributed by atoms with Gasteiger partial charge >= 0.3 is 0 Å². The minimum absolute atomic E-state index is 0.0211. The van der Waals surface area contributed by atoms with E-state index in [1.807, 2.05) is 12.1 Å². The van der Waals surface area contributed by atoms with E-state index in [-0.39, 0.29) is 17.3 Å². The van der Waals surface area contributed by atoms with Gasteiger partial charge in [0.15, 0.2) is 0 Å². The maximum Gasteiger partial charge on any atom is 0.230 e. The zero-order valence-corrected chi connectivity index (χ0v) is 19.0. The fraction of sp³-hybridized carbons (Fsp3) is 0.346. The lowest BCUT2D eigenvalue weighted by molar-refractivity contribution is -0.131. The lowest BCUT2D eigenvalue weighted by Crippen LogP contribution is -2.36. The summed E-state index contributed by atoms with van der Waals surface area (Å²) in [5, 5.41) is 0. The summed E-state index contributed by atoms with van der Waals surface area (Å²) in [5.41, 5.74) is 17.6. The van der Waals surface area contributed by atoms with Gasteiger partial charge in [0.1, 0.15) is 5.92 Å². The molecule has 162 valence electrons. The number of hydrogen-bond donors (Lipinski definition) is 2.